The van der Waals surface area contributed by atoms with Crippen molar-refractivity contribution in [3.63, 3.8) is 0 Å². The first kappa shape index (κ1) is 33.8. The third kappa shape index (κ3) is 11.2. The fourth-order valence-electron chi connectivity index (χ4n) is 5.19. The SMILES string of the molecule is CCC1C=CC(=O)OC1C=CC(O)(CCN(C(C)O)C(C)O)C(CC(O)C=CC=CC1CCCC(O)C1)OP. The molecular weight excluding hydrogens is 521 g/mol. The van der Waals surface area contributed by atoms with Crippen LogP contribution in [0.4, 0.5) is 0 Å². The number of aliphatic hydroxyl groups is 5. The monoisotopic (exact) mass is 569 g/mol. The number of esters is 1. The summed E-state index contributed by atoms with van der Waals surface area (Å²) in [4.78, 5) is 13.3. The van der Waals surface area contributed by atoms with Crippen LogP contribution in [0.25, 0.3) is 0 Å². The lowest BCUT2D eigenvalue weighted by Gasteiger charge is -2.37. The van der Waals surface area contributed by atoms with Gasteiger partial charge in [-0.15, -0.1) is 0 Å². The summed E-state index contributed by atoms with van der Waals surface area (Å²) in [7, 11) is 2.14. The summed E-state index contributed by atoms with van der Waals surface area (Å²) in [6, 6.07) is 0. The third-order valence-corrected chi connectivity index (χ3v) is 7.95. The highest BCUT2D eigenvalue weighted by Gasteiger charge is 2.37. The van der Waals surface area contributed by atoms with E-state index in [-0.39, 0.29) is 31.4 Å². The lowest BCUT2D eigenvalue weighted by molar-refractivity contribution is -0.144. The highest BCUT2D eigenvalue weighted by Crippen LogP contribution is 2.30. The Bertz CT molecular complexity index is 852. The number of cyclic esters (lactones) is 1. The number of aliphatic hydroxyl groups excluding tert-OH is 4. The van der Waals surface area contributed by atoms with Crippen molar-refractivity contribution in [2.24, 2.45) is 11.8 Å². The average molecular weight is 570 g/mol. The van der Waals surface area contributed by atoms with E-state index in [1.165, 1.54) is 30.9 Å². The van der Waals surface area contributed by atoms with Crippen LogP contribution in [0.1, 0.15) is 65.7 Å². The van der Waals surface area contributed by atoms with Crippen molar-refractivity contribution < 1.29 is 39.6 Å². The van der Waals surface area contributed by atoms with Crippen LogP contribution in [0.15, 0.2) is 48.6 Å². The van der Waals surface area contributed by atoms with E-state index in [0.717, 1.165) is 32.1 Å². The smallest absolute Gasteiger partial charge is 0.331 e. The minimum Gasteiger partial charge on any atom is -0.454 e. The molecule has 39 heavy (non-hydrogen) atoms. The minimum absolute atomic E-state index is 0.0458. The first-order valence-corrected chi connectivity index (χ1v) is 14.4. The predicted molar refractivity (Wildman–Crippen MR) is 153 cm³/mol. The van der Waals surface area contributed by atoms with Gasteiger partial charge >= 0.3 is 5.97 Å². The Morgan fingerprint density at radius 3 is 2.54 bits per heavy atom. The lowest BCUT2D eigenvalue weighted by atomic mass is 9.86. The van der Waals surface area contributed by atoms with Crippen LogP contribution in [-0.2, 0) is 14.1 Å². The maximum Gasteiger partial charge on any atom is 0.331 e. The fourth-order valence-corrected chi connectivity index (χ4v) is 5.54. The molecule has 1 aliphatic heterocycles. The Labute approximate surface area is 235 Å². The number of hydrogen-bond acceptors (Lipinski definition) is 9. The molecule has 0 aromatic carbocycles. The number of rotatable bonds is 15. The first-order chi connectivity index (χ1) is 18.5. The Hall–Kier alpha value is -1.42. The average Bonchev–Trinajstić information content (AvgIpc) is 2.88. The number of nitrogens with zero attached hydrogens (tertiary/aromatic N) is 1. The van der Waals surface area contributed by atoms with Crippen molar-refractivity contribution >= 4 is 15.4 Å². The second-order valence-electron chi connectivity index (χ2n) is 10.7. The van der Waals surface area contributed by atoms with Gasteiger partial charge in [0.15, 0.2) is 0 Å². The van der Waals surface area contributed by atoms with Gasteiger partial charge in [0.2, 0.25) is 0 Å². The molecule has 0 spiro atoms. The number of ether oxygens (including phenoxy) is 1. The zero-order valence-electron chi connectivity index (χ0n) is 23.4. The van der Waals surface area contributed by atoms with Gasteiger partial charge in [-0.05, 0) is 57.9 Å². The molecule has 5 N–H and O–H groups in total. The molecule has 0 aromatic heterocycles. The van der Waals surface area contributed by atoms with Crippen molar-refractivity contribution in [1.29, 1.82) is 0 Å². The van der Waals surface area contributed by atoms with Crippen molar-refractivity contribution in [3.8, 4) is 0 Å². The summed E-state index contributed by atoms with van der Waals surface area (Å²) in [6.45, 7) is 5.17. The van der Waals surface area contributed by atoms with Crippen LogP contribution in [0.5, 0.6) is 0 Å². The van der Waals surface area contributed by atoms with E-state index >= 15 is 0 Å². The highest BCUT2D eigenvalue weighted by atomic mass is 31.0. The summed E-state index contributed by atoms with van der Waals surface area (Å²) >= 11 is 0. The van der Waals surface area contributed by atoms with Crippen LogP contribution in [0.2, 0.25) is 0 Å². The number of carbonyl (C=O) groups excluding carboxylic acids is 1. The Balaban J connectivity index is 2.18. The molecule has 1 fully saturated rings. The molecule has 0 aromatic rings. The molecular formula is C29H48NO8P. The van der Waals surface area contributed by atoms with Crippen LogP contribution < -0.4 is 0 Å². The topological polar surface area (TPSA) is 140 Å². The van der Waals surface area contributed by atoms with Gasteiger partial charge in [-0.1, -0.05) is 49.8 Å². The Morgan fingerprint density at radius 2 is 1.92 bits per heavy atom. The van der Waals surface area contributed by atoms with Crippen LogP contribution in [0, 0.1) is 11.8 Å². The van der Waals surface area contributed by atoms with Crippen LogP contribution >= 0.6 is 9.47 Å². The molecule has 10 heteroatoms. The number of allylic oxidation sites excluding steroid dienone is 3. The molecule has 2 aliphatic rings. The standard InChI is InChI=1S/C29H48NO8P/c1-4-23-12-13-28(35)37-26(23)14-15-29(36,16-17-30(20(2)31)21(3)32)27(38-39)19-25(34)10-6-5-8-22-9-7-11-24(33)18-22/h5-6,8,10,12-15,20-27,31-34,36H,4,7,9,11,16-19,39H2,1-3H3. The van der Waals surface area contributed by atoms with Gasteiger partial charge in [0.05, 0.1) is 18.3 Å². The molecule has 1 aliphatic carbocycles. The molecule has 10 unspecified atom stereocenters. The van der Waals surface area contributed by atoms with Crippen molar-refractivity contribution in [2.75, 3.05) is 6.54 Å². The molecule has 0 saturated heterocycles. The maximum atomic E-state index is 11.8. The van der Waals surface area contributed by atoms with Gasteiger partial charge in [0.1, 0.15) is 24.2 Å². The summed E-state index contributed by atoms with van der Waals surface area (Å²) in [5.74, 6) is -0.187. The summed E-state index contributed by atoms with van der Waals surface area (Å²) < 4.78 is 11.0. The van der Waals surface area contributed by atoms with Gasteiger partial charge in [-0.25, -0.2) is 4.79 Å². The Morgan fingerprint density at radius 1 is 1.21 bits per heavy atom. The zero-order valence-corrected chi connectivity index (χ0v) is 24.5. The predicted octanol–water partition coefficient (Wildman–Crippen LogP) is 2.74. The number of hydrogen-bond donors (Lipinski definition) is 5. The quantitative estimate of drug-likeness (QED) is 0.0662. The van der Waals surface area contributed by atoms with Gasteiger partial charge < -0.3 is 34.8 Å². The molecule has 0 amide bonds. The van der Waals surface area contributed by atoms with Gasteiger partial charge in [0, 0.05) is 34.4 Å². The van der Waals surface area contributed by atoms with Gasteiger partial charge in [0.25, 0.3) is 0 Å². The van der Waals surface area contributed by atoms with Crippen LogP contribution in [0.3, 0.4) is 0 Å². The lowest BCUT2D eigenvalue weighted by Crippen LogP contribution is -2.48. The number of carbonyl (C=O) groups is 1. The molecule has 222 valence electrons. The summed E-state index contributed by atoms with van der Waals surface area (Å²) in [5, 5.41) is 52.5. The largest absolute Gasteiger partial charge is 0.454 e. The van der Waals surface area contributed by atoms with Gasteiger partial charge in [-0.2, -0.15) is 0 Å². The zero-order chi connectivity index (χ0) is 29.0. The normalized spacial score (nSPS) is 29.1. The highest BCUT2D eigenvalue weighted by molar-refractivity contribution is 7.09. The molecule has 1 saturated carbocycles. The van der Waals surface area contributed by atoms with E-state index in [4.69, 9.17) is 9.26 Å². The first-order valence-electron chi connectivity index (χ1n) is 14.0. The minimum atomic E-state index is -1.63. The van der Waals surface area contributed by atoms with E-state index in [0.29, 0.717) is 5.92 Å². The second-order valence-corrected chi connectivity index (χ2v) is 11.0. The van der Waals surface area contributed by atoms with E-state index in [2.05, 4.69) is 9.47 Å². The fraction of sp³-hybridized carbons (Fsp3) is 0.690. The Kier molecular flexibility index (Phi) is 14.5. The van der Waals surface area contributed by atoms with E-state index in [1.807, 2.05) is 19.1 Å². The van der Waals surface area contributed by atoms with Crippen molar-refractivity contribution in [2.45, 2.75) is 108 Å². The van der Waals surface area contributed by atoms with Crippen molar-refractivity contribution in [3.05, 3.63) is 48.6 Å². The van der Waals surface area contributed by atoms with E-state index in [1.54, 1.807) is 24.3 Å². The molecule has 10 atom stereocenters. The van der Waals surface area contributed by atoms with E-state index in [9.17, 15) is 30.3 Å². The summed E-state index contributed by atoms with van der Waals surface area (Å²) in [5.41, 5.74) is -1.63. The van der Waals surface area contributed by atoms with Crippen LogP contribution in [-0.4, -0.2) is 85.4 Å². The van der Waals surface area contributed by atoms with Crippen molar-refractivity contribution in [1.82, 2.24) is 4.90 Å². The van der Waals surface area contributed by atoms with Gasteiger partial charge in [-0.3, -0.25) is 4.90 Å². The second kappa shape index (κ2) is 16.7. The maximum absolute atomic E-state index is 11.8. The molecule has 0 radical (unpaired) electrons. The molecule has 1 heterocycles. The molecule has 9 nitrogen and oxygen atoms in total. The molecule has 2 rings (SSSR count). The summed E-state index contributed by atoms with van der Waals surface area (Å²) in [6.07, 6.45) is 13.6. The third-order valence-electron chi connectivity index (χ3n) is 7.62. The molecule has 0 bridgehead atoms. The van der Waals surface area contributed by atoms with E-state index < -0.39 is 42.3 Å².